The predicted molar refractivity (Wildman–Crippen MR) is 104 cm³/mol. The van der Waals surface area contributed by atoms with E-state index in [2.05, 4.69) is 43.6 Å². The molecule has 134 valence electrons. The van der Waals surface area contributed by atoms with E-state index >= 15 is 0 Å². The zero-order valence-electron chi connectivity index (χ0n) is 14.5. The normalized spacial score (nSPS) is 11.9. The first kappa shape index (κ1) is 18.3. The number of hydrogen-bond donors (Lipinski definition) is 1. The number of nitrogens with zero attached hydrogens (tertiary/aromatic N) is 2. The fourth-order valence-corrected chi connectivity index (χ4v) is 2.86. The second kappa shape index (κ2) is 8.76. The predicted octanol–water partition coefficient (Wildman–Crippen LogP) is 4.18. The maximum Gasteiger partial charge on any atom is 0.247 e. The lowest BCUT2D eigenvalue weighted by molar-refractivity contribution is -0.121. The Labute approximate surface area is 161 Å². The number of rotatable bonds is 7. The Morgan fingerprint density at radius 2 is 1.85 bits per heavy atom. The largest absolute Gasteiger partial charge is 0.420 e. The number of carbonyl (C=O) groups excluding carboxylic acids is 1. The molecule has 0 aliphatic heterocycles. The highest BCUT2D eigenvalue weighted by Crippen LogP contribution is 2.20. The Kier molecular flexibility index (Phi) is 6.17. The first-order valence-electron chi connectivity index (χ1n) is 8.52. The minimum atomic E-state index is -0.114. The molecule has 0 saturated carbocycles. The van der Waals surface area contributed by atoms with Gasteiger partial charge in [-0.3, -0.25) is 4.79 Å². The molecule has 1 amide bonds. The zero-order valence-corrected chi connectivity index (χ0v) is 16.1. The molecular weight excluding hydrogens is 394 g/mol. The van der Waals surface area contributed by atoms with Crippen LogP contribution >= 0.6 is 15.9 Å². The molecule has 3 aromatic rings. The molecule has 1 heterocycles. The topological polar surface area (TPSA) is 68.0 Å². The van der Waals surface area contributed by atoms with Crippen LogP contribution in [-0.4, -0.2) is 22.1 Å². The average molecular weight is 414 g/mol. The summed E-state index contributed by atoms with van der Waals surface area (Å²) < 4.78 is 6.57. The van der Waals surface area contributed by atoms with Crippen LogP contribution in [0.15, 0.2) is 63.5 Å². The van der Waals surface area contributed by atoms with Crippen molar-refractivity contribution >= 4 is 21.8 Å². The summed E-state index contributed by atoms with van der Waals surface area (Å²) in [6, 6.07) is 17.9. The van der Waals surface area contributed by atoms with Gasteiger partial charge in [-0.25, -0.2) is 0 Å². The van der Waals surface area contributed by atoms with Crippen LogP contribution < -0.4 is 5.32 Å². The molecule has 26 heavy (non-hydrogen) atoms. The number of hydrogen-bond acceptors (Lipinski definition) is 4. The van der Waals surface area contributed by atoms with Gasteiger partial charge in [-0.1, -0.05) is 46.3 Å². The average Bonchev–Trinajstić information content (AvgIpc) is 3.09. The summed E-state index contributed by atoms with van der Waals surface area (Å²) in [7, 11) is 0. The number of benzene rings is 2. The molecule has 0 aliphatic rings. The molecule has 0 bridgehead atoms. The standard InChI is InChI=1S/C20H20BrN3O2/c1-14(7-8-15-5-3-2-4-6-15)22-18(25)13-19-23-24-20(26-19)16-9-11-17(21)12-10-16/h2-6,9-12,14H,7-8,13H2,1H3,(H,22,25)/t14-/m1/s1. The van der Waals surface area contributed by atoms with Gasteiger partial charge in [0.15, 0.2) is 0 Å². The van der Waals surface area contributed by atoms with Gasteiger partial charge in [-0.2, -0.15) is 0 Å². The molecule has 1 aromatic heterocycles. The van der Waals surface area contributed by atoms with Crippen molar-refractivity contribution in [1.82, 2.24) is 15.5 Å². The van der Waals surface area contributed by atoms with E-state index in [1.165, 1.54) is 5.56 Å². The van der Waals surface area contributed by atoms with Gasteiger partial charge in [-0.05, 0) is 49.6 Å². The van der Waals surface area contributed by atoms with Crippen LogP contribution in [0.5, 0.6) is 0 Å². The number of nitrogens with one attached hydrogen (secondary N) is 1. The minimum Gasteiger partial charge on any atom is -0.420 e. The minimum absolute atomic E-state index is 0.0802. The van der Waals surface area contributed by atoms with Crippen molar-refractivity contribution in [2.75, 3.05) is 0 Å². The Hall–Kier alpha value is -2.47. The molecular formula is C20H20BrN3O2. The summed E-state index contributed by atoms with van der Waals surface area (Å²) >= 11 is 3.39. The molecule has 5 nitrogen and oxygen atoms in total. The highest BCUT2D eigenvalue weighted by molar-refractivity contribution is 9.10. The number of amides is 1. The van der Waals surface area contributed by atoms with Crippen molar-refractivity contribution in [2.45, 2.75) is 32.2 Å². The van der Waals surface area contributed by atoms with Gasteiger partial charge < -0.3 is 9.73 Å². The van der Waals surface area contributed by atoms with Gasteiger partial charge in [0.25, 0.3) is 0 Å². The fraction of sp³-hybridized carbons (Fsp3) is 0.250. The van der Waals surface area contributed by atoms with E-state index in [1.54, 1.807) is 0 Å². The summed E-state index contributed by atoms with van der Waals surface area (Å²) in [5.74, 6) is 0.615. The van der Waals surface area contributed by atoms with Crippen molar-refractivity contribution < 1.29 is 9.21 Å². The third kappa shape index (κ3) is 5.26. The molecule has 0 unspecified atom stereocenters. The van der Waals surface area contributed by atoms with Gasteiger partial charge in [0.2, 0.25) is 17.7 Å². The first-order valence-corrected chi connectivity index (χ1v) is 9.31. The number of halogens is 1. The monoisotopic (exact) mass is 413 g/mol. The molecule has 0 radical (unpaired) electrons. The van der Waals surface area contributed by atoms with Crippen LogP contribution in [0.1, 0.15) is 24.8 Å². The Morgan fingerprint density at radius 1 is 1.12 bits per heavy atom. The number of carbonyl (C=O) groups is 1. The second-order valence-electron chi connectivity index (χ2n) is 6.18. The Morgan fingerprint density at radius 3 is 2.58 bits per heavy atom. The van der Waals surface area contributed by atoms with E-state index in [4.69, 9.17) is 4.42 Å². The lowest BCUT2D eigenvalue weighted by atomic mass is 10.1. The van der Waals surface area contributed by atoms with E-state index in [9.17, 15) is 4.79 Å². The van der Waals surface area contributed by atoms with Crippen molar-refractivity contribution in [3.05, 3.63) is 70.5 Å². The second-order valence-corrected chi connectivity index (χ2v) is 7.09. The van der Waals surface area contributed by atoms with Crippen LogP contribution in [0, 0.1) is 0 Å². The first-order chi connectivity index (χ1) is 12.6. The molecule has 1 atom stereocenters. The fourth-order valence-electron chi connectivity index (χ4n) is 2.60. The third-order valence-corrected chi connectivity index (χ3v) is 4.51. The van der Waals surface area contributed by atoms with Gasteiger partial charge in [0.05, 0.1) is 0 Å². The number of aryl methyl sites for hydroxylation is 1. The SMILES string of the molecule is C[C@H](CCc1ccccc1)NC(=O)Cc1nnc(-c2ccc(Br)cc2)o1. The molecule has 0 spiro atoms. The molecule has 0 aliphatic carbocycles. The smallest absolute Gasteiger partial charge is 0.247 e. The zero-order chi connectivity index (χ0) is 18.4. The quantitative estimate of drug-likeness (QED) is 0.630. The highest BCUT2D eigenvalue weighted by Gasteiger charge is 2.14. The van der Waals surface area contributed by atoms with Crippen molar-refractivity contribution in [2.24, 2.45) is 0 Å². The molecule has 2 aromatic carbocycles. The van der Waals surface area contributed by atoms with Gasteiger partial charge in [-0.15, -0.1) is 10.2 Å². The number of aromatic nitrogens is 2. The summed E-state index contributed by atoms with van der Waals surface area (Å²) in [6.07, 6.45) is 1.89. The van der Waals surface area contributed by atoms with Crippen molar-refractivity contribution in [3.63, 3.8) is 0 Å². The maximum atomic E-state index is 12.2. The summed E-state index contributed by atoms with van der Waals surface area (Å²) in [5, 5.41) is 11.0. The highest BCUT2D eigenvalue weighted by atomic mass is 79.9. The summed E-state index contributed by atoms with van der Waals surface area (Å²) in [4.78, 5) is 12.2. The van der Waals surface area contributed by atoms with Gasteiger partial charge >= 0.3 is 0 Å². The summed E-state index contributed by atoms with van der Waals surface area (Å²) in [5.41, 5.74) is 2.09. The van der Waals surface area contributed by atoms with E-state index in [1.807, 2.05) is 49.4 Å². The Balaban J connectivity index is 1.49. The van der Waals surface area contributed by atoms with E-state index < -0.39 is 0 Å². The van der Waals surface area contributed by atoms with Crippen LogP contribution in [-0.2, 0) is 17.6 Å². The Bertz CT molecular complexity index is 847. The lowest BCUT2D eigenvalue weighted by Gasteiger charge is -2.13. The lowest BCUT2D eigenvalue weighted by Crippen LogP contribution is -2.34. The molecule has 3 rings (SSSR count). The van der Waals surface area contributed by atoms with Crippen LogP contribution in [0.4, 0.5) is 0 Å². The van der Waals surface area contributed by atoms with E-state index in [0.717, 1.165) is 22.9 Å². The van der Waals surface area contributed by atoms with Crippen molar-refractivity contribution in [3.8, 4) is 11.5 Å². The van der Waals surface area contributed by atoms with Gasteiger partial charge in [0.1, 0.15) is 6.42 Å². The van der Waals surface area contributed by atoms with Crippen LogP contribution in [0.3, 0.4) is 0 Å². The maximum absolute atomic E-state index is 12.2. The molecule has 1 N–H and O–H groups in total. The van der Waals surface area contributed by atoms with Crippen LogP contribution in [0.25, 0.3) is 11.5 Å². The third-order valence-electron chi connectivity index (χ3n) is 3.99. The van der Waals surface area contributed by atoms with E-state index in [0.29, 0.717) is 11.8 Å². The molecule has 0 fully saturated rings. The summed E-state index contributed by atoms with van der Waals surface area (Å²) in [6.45, 7) is 2.00. The van der Waals surface area contributed by atoms with Crippen LogP contribution in [0.2, 0.25) is 0 Å². The van der Waals surface area contributed by atoms with Gasteiger partial charge in [0, 0.05) is 16.1 Å². The molecule has 6 heteroatoms. The van der Waals surface area contributed by atoms with Crippen molar-refractivity contribution in [1.29, 1.82) is 0 Å². The van der Waals surface area contributed by atoms with E-state index in [-0.39, 0.29) is 18.4 Å². The molecule has 0 saturated heterocycles.